The van der Waals surface area contributed by atoms with Gasteiger partial charge in [-0.25, -0.2) is 4.79 Å². The van der Waals surface area contributed by atoms with Crippen LogP contribution >= 0.6 is 35.0 Å². The highest BCUT2D eigenvalue weighted by molar-refractivity contribution is 8.14. The number of thioether (sulfide) groups is 1. The number of rotatable bonds is 4. The van der Waals surface area contributed by atoms with Gasteiger partial charge < -0.3 is 4.74 Å². The predicted octanol–water partition coefficient (Wildman–Crippen LogP) is 5.40. The molecular weight excluding hydrogens is 431 g/mol. The van der Waals surface area contributed by atoms with E-state index in [-0.39, 0.29) is 0 Å². The van der Waals surface area contributed by atoms with Crippen molar-refractivity contribution in [3.05, 3.63) is 76.3 Å². The van der Waals surface area contributed by atoms with Gasteiger partial charge >= 0.3 is 5.30 Å². The summed E-state index contributed by atoms with van der Waals surface area (Å²) in [5.41, 5.74) is 4.03. The van der Waals surface area contributed by atoms with Gasteiger partial charge in [-0.15, -0.1) is 21.8 Å². The number of carbonyl (C=O) groups excluding carboxylic acids is 1. The zero-order chi connectivity index (χ0) is 20.4. The van der Waals surface area contributed by atoms with E-state index in [2.05, 4.69) is 10.2 Å². The number of fused-ring (bicyclic) bond motifs is 3. The summed E-state index contributed by atoms with van der Waals surface area (Å²) >= 11 is 13.9. The molecular formula is C20H16Cl2N4O2S. The van der Waals surface area contributed by atoms with Crippen LogP contribution < -0.4 is 0 Å². The molecule has 3 aromatic rings. The van der Waals surface area contributed by atoms with Gasteiger partial charge in [-0.3, -0.25) is 9.56 Å². The van der Waals surface area contributed by atoms with E-state index in [4.69, 9.17) is 32.9 Å². The number of hydrogen-bond donors (Lipinski definition) is 0. The lowest BCUT2D eigenvalue weighted by Crippen LogP contribution is -2.09. The first-order valence-electron chi connectivity index (χ1n) is 8.89. The molecule has 0 aliphatic carbocycles. The number of carbonyl (C=O) groups is 1. The lowest BCUT2D eigenvalue weighted by molar-refractivity contribution is 0.181. The molecule has 1 atom stereocenters. The summed E-state index contributed by atoms with van der Waals surface area (Å²) in [5, 5.41) is 8.36. The van der Waals surface area contributed by atoms with E-state index in [1.807, 2.05) is 47.0 Å². The molecule has 2 aromatic carbocycles. The maximum Gasteiger partial charge on any atom is 0.369 e. The van der Waals surface area contributed by atoms with Crippen LogP contribution in [0.5, 0.6) is 0 Å². The molecule has 1 unspecified atom stereocenters. The third kappa shape index (κ3) is 4.03. The summed E-state index contributed by atoms with van der Waals surface area (Å²) in [5.74, 6) is 0.726. The molecule has 1 aliphatic rings. The predicted molar refractivity (Wildman–Crippen MR) is 115 cm³/mol. The van der Waals surface area contributed by atoms with Crippen LogP contribution in [0.15, 0.2) is 53.8 Å². The lowest BCUT2D eigenvalue weighted by atomic mass is 9.98. The number of aromatic nitrogens is 3. The average Bonchev–Trinajstić information content (AvgIpc) is 3.12. The van der Waals surface area contributed by atoms with Crippen molar-refractivity contribution in [3.8, 4) is 5.69 Å². The Morgan fingerprint density at radius 3 is 2.90 bits per heavy atom. The van der Waals surface area contributed by atoms with E-state index in [1.165, 1.54) is 0 Å². The first-order valence-corrected chi connectivity index (χ1v) is 10.6. The van der Waals surface area contributed by atoms with E-state index in [0.717, 1.165) is 45.7 Å². The van der Waals surface area contributed by atoms with E-state index in [0.29, 0.717) is 18.2 Å². The Bertz CT molecular complexity index is 1100. The number of ether oxygens (including phenoxy) is 1. The van der Waals surface area contributed by atoms with Gasteiger partial charge in [-0.05, 0) is 42.4 Å². The van der Waals surface area contributed by atoms with Crippen LogP contribution in [0.25, 0.3) is 5.69 Å². The molecule has 1 aromatic heterocycles. The molecule has 0 amide bonds. The Morgan fingerprint density at radius 1 is 1.28 bits per heavy atom. The third-order valence-corrected chi connectivity index (χ3v) is 6.02. The van der Waals surface area contributed by atoms with Gasteiger partial charge in [-0.1, -0.05) is 35.9 Å². The van der Waals surface area contributed by atoms with Crippen molar-refractivity contribution in [2.45, 2.75) is 18.2 Å². The van der Waals surface area contributed by atoms with E-state index >= 15 is 0 Å². The minimum absolute atomic E-state index is 0.305. The van der Waals surface area contributed by atoms with Crippen molar-refractivity contribution >= 4 is 46.0 Å². The zero-order valence-corrected chi connectivity index (χ0v) is 17.7. The summed E-state index contributed by atoms with van der Waals surface area (Å²) < 4.78 is 6.28. The molecule has 0 spiro atoms. The fourth-order valence-electron chi connectivity index (χ4n) is 3.09. The van der Waals surface area contributed by atoms with Crippen LogP contribution in [-0.2, 0) is 11.3 Å². The third-order valence-electron chi connectivity index (χ3n) is 4.39. The number of halogens is 2. The van der Waals surface area contributed by atoms with Gasteiger partial charge in [0.05, 0.1) is 18.0 Å². The zero-order valence-electron chi connectivity index (χ0n) is 15.4. The average molecular weight is 447 g/mol. The number of nitrogens with zero attached hydrogens (tertiary/aromatic N) is 4. The van der Waals surface area contributed by atoms with Crippen LogP contribution in [0.3, 0.4) is 0 Å². The van der Waals surface area contributed by atoms with Crippen molar-refractivity contribution in [2.75, 3.05) is 6.61 Å². The van der Waals surface area contributed by atoms with Crippen LogP contribution in [-0.4, -0.2) is 32.4 Å². The largest absolute Gasteiger partial charge is 0.458 e. The number of hydrogen-bond acceptors (Lipinski definition) is 6. The van der Waals surface area contributed by atoms with Gasteiger partial charge in [0.1, 0.15) is 17.6 Å². The van der Waals surface area contributed by atoms with E-state index in [9.17, 15) is 4.79 Å². The molecule has 0 fully saturated rings. The highest BCUT2D eigenvalue weighted by Crippen LogP contribution is 2.37. The first kappa shape index (κ1) is 19.9. The van der Waals surface area contributed by atoms with Gasteiger partial charge in [0.15, 0.2) is 5.82 Å². The van der Waals surface area contributed by atoms with Crippen molar-refractivity contribution in [1.82, 2.24) is 14.8 Å². The Labute approximate surface area is 181 Å². The molecule has 0 saturated heterocycles. The summed E-state index contributed by atoms with van der Waals surface area (Å²) in [6.45, 7) is 2.43. The normalized spacial score (nSPS) is 13.7. The Kier molecular flexibility index (Phi) is 5.89. The molecule has 0 radical (unpaired) electrons. The fourth-order valence-corrected chi connectivity index (χ4v) is 4.30. The molecule has 6 nitrogen and oxygen atoms in total. The monoisotopic (exact) mass is 446 g/mol. The van der Waals surface area contributed by atoms with E-state index < -0.39 is 10.0 Å². The topological polar surface area (TPSA) is 69.4 Å². The van der Waals surface area contributed by atoms with Crippen LogP contribution in [0.4, 0.5) is 4.79 Å². The minimum atomic E-state index is -0.601. The lowest BCUT2D eigenvalue weighted by Gasteiger charge is -2.16. The van der Waals surface area contributed by atoms with Gasteiger partial charge in [0.2, 0.25) is 0 Å². The van der Waals surface area contributed by atoms with Gasteiger partial charge in [0.25, 0.3) is 0 Å². The van der Waals surface area contributed by atoms with Gasteiger partial charge in [-0.2, -0.15) is 0 Å². The maximum absolute atomic E-state index is 11.8. The Balaban J connectivity index is 1.82. The summed E-state index contributed by atoms with van der Waals surface area (Å²) in [7, 11) is 0. The second-order valence-electron chi connectivity index (χ2n) is 6.16. The number of benzene rings is 2. The van der Waals surface area contributed by atoms with Gasteiger partial charge in [0, 0.05) is 16.1 Å². The second-order valence-corrected chi connectivity index (χ2v) is 8.30. The smallest absolute Gasteiger partial charge is 0.369 e. The highest BCUT2D eigenvalue weighted by atomic mass is 35.5. The second kappa shape index (κ2) is 8.57. The van der Waals surface area contributed by atoms with Crippen molar-refractivity contribution in [1.29, 1.82) is 0 Å². The summed E-state index contributed by atoms with van der Waals surface area (Å²) in [4.78, 5) is 16.6. The van der Waals surface area contributed by atoms with Crippen LogP contribution in [0.1, 0.15) is 34.1 Å². The highest BCUT2D eigenvalue weighted by Gasteiger charge is 2.23. The number of aliphatic imine (C=N–C) groups is 1. The molecule has 0 bridgehead atoms. The standard InChI is InChI=1S/C20H16Cl2N4O2S/c1-2-28-20(27)29-19(22)12-7-8-16-14(9-12)18(13-5-3-4-6-15(13)21)23-10-17-25-24-11-26(16)17/h3-9,11,19H,2,10H2,1H3. The SMILES string of the molecule is CCOC(=O)SC(Cl)c1ccc2c(c1)C(c1ccccc1Cl)=NCc1nncn1-2. The number of alkyl halides is 1. The quantitative estimate of drug-likeness (QED) is 0.396. The van der Waals surface area contributed by atoms with Crippen molar-refractivity contribution in [2.24, 2.45) is 4.99 Å². The summed E-state index contributed by atoms with van der Waals surface area (Å²) in [6.07, 6.45) is 1.66. The van der Waals surface area contributed by atoms with Crippen molar-refractivity contribution < 1.29 is 9.53 Å². The Morgan fingerprint density at radius 2 is 2.10 bits per heavy atom. The molecule has 4 rings (SSSR count). The molecule has 29 heavy (non-hydrogen) atoms. The van der Waals surface area contributed by atoms with E-state index in [1.54, 1.807) is 13.3 Å². The molecule has 1 aliphatic heterocycles. The minimum Gasteiger partial charge on any atom is -0.458 e. The molecule has 0 saturated carbocycles. The summed E-state index contributed by atoms with van der Waals surface area (Å²) in [6, 6.07) is 13.3. The molecule has 148 valence electrons. The molecule has 2 heterocycles. The molecule has 0 N–H and O–H groups in total. The maximum atomic E-state index is 11.8. The Hall–Kier alpha value is -2.35. The molecule has 9 heteroatoms. The van der Waals surface area contributed by atoms with Crippen LogP contribution in [0, 0.1) is 0 Å². The van der Waals surface area contributed by atoms with Crippen LogP contribution in [0.2, 0.25) is 5.02 Å². The van der Waals surface area contributed by atoms with Crippen molar-refractivity contribution in [3.63, 3.8) is 0 Å². The fraction of sp³-hybridized carbons (Fsp3) is 0.200. The first-order chi connectivity index (χ1) is 14.1.